The Balaban J connectivity index is 2.00. The van der Waals surface area contributed by atoms with E-state index < -0.39 is 0 Å². The minimum Gasteiger partial charge on any atom is -0.493 e. The first-order valence-corrected chi connectivity index (χ1v) is 7.05. The van der Waals surface area contributed by atoms with Crippen LogP contribution in [0.3, 0.4) is 0 Å². The van der Waals surface area contributed by atoms with Gasteiger partial charge in [-0.05, 0) is 26.0 Å². The molecule has 0 amide bonds. The third-order valence-electron chi connectivity index (χ3n) is 3.29. The lowest BCUT2D eigenvalue weighted by Gasteiger charge is -2.11. The van der Waals surface area contributed by atoms with E-state index in [0.29, 0.717) is 19.0 Å². The minimum atomic E-state index is 0.491. The van der Waals surface area contributed by atoms with Crippen molar-refractivity contribution in [2.45, 2.75) is 26.3 Å². The number of hydrogen-bond donors (Lipinski definition) is 0. The third kappa shape index (κ3) is 3.07. The Morgan fingerprint density at radius 3 is 2.50 bits per heavy atom. The quantitative estimate of drug-likeness (QED) is 0.767. The molecule has 2 rings (SSSR count). The van der Waals surface area contributed by atoms with Crippen LogP contribution >= 0.6 is 11.6 Å². The SMILES string of the molecule is COc1ccccc1OCCn1nc(C)c(CCl)c1C. The molecule has 0 aliphatic carbocycles. The van der Waals surface area contributed by atoms with E-state index in [1.54, 1.807) is 7.11 Å². The zero-order valence-corrected chi connectivity index (χ0v) is 12.8. The fraction of sp³-hybridized carbons (Fsp3) is 0.400. The van der Waals surface area contributed by atoms with Crippen LogP contribution in [0.4, 0.5) is 0 Å². The van der Waals surface area contributed by atoms with Gasteiger partial charge in [-0.25, -0.2) is 0 Å². The van der Waals surface area contributed by atoms with E-state index in [4.69, 9.17) is 21.1 Å². The molecule has 0 atom stereocenters. The Morgan fingerprint density at radius 1 is 1.20 bits per heavy atom. The summed E-state index contributed by atoms with van der Waals surface area (Å²) in [5.41, 5.74) is 3.18. The van der Waals surface area contributed by atoms with Gasteiger partial charge in [0.05, 0.1) is 25.2 Å². The van der Waals surface area contributed by atoms with Crippen LogP contribution in [0.5, 0.6) is 11.5 Å². The smallest absolute Gasteiger partial charge is 0.161 e. The Kier molecular flexibility index (Phi) is 4.90. The van der Waals surface area contributed by atoms with Crippen LogP contribution in [-0.4, -0.2) is 23.5 Å². The molecule has 4 nitrogen and oxygen atoms in total. The van der Waals surface area contributed by atoms with E-state index >= 15 is 0 Å². The molecule has 0 aliphatic heterocycles. The largest absolute Gasteiger partial charge is 0.493 e. The summed E-state index contributed by atoms with van der Waals surface area (Å²) in [6, 6.07) is 7.61. The predicted molar refractivity (Wildman–Crippen MR) is 79.7 cm³/mol. The average molecular weight is 295 g/mol. The van der Waals surface area contributed by atoms with Crippen molar-refractivity contribution >= 4 is 11.6 Å². The van der Waals surface area contributed by atoms with Crippen molar-refractivity contribution in [3.63, 3.8) is 0 Å². The van der Waals surface area contributed by atoms with Crippen molar-refractivity contribution in [2.24, 2.45) is 0 Å². The normalized spacial score (nSPS) is 10.6. The summed E-state index contributed by atoms with van der Waals surface area (Å²) >= 11 is 5.92. The lowest BCUT2D eigenvalue weighted by atomic mass is 10.2. The molecule has 108 valence electrons. The minimum absolute atomic E-state index is 0.491. The van der Waals surface area contributed by atoms with Crippen LogP contribution in [0, 0.1) is 13.8 Å². The number of hydrogen-bond acceptors (Lipinski definition) is 3. The molecule has 1 aromatic carbocycles. The number of aryl methyl sites for hydroxylation is 1. The topological polar surface area (TPSA) is 36.3 Å². The molecule has 0 N–H and O–H groups in total. The third-order valence-corrected chi connectivity index (χ3v) is 3.56. The molecular weight excluding hydrogens is 276 g/mol. The van der Waals surface area contributed by atoms with Crippen LogP contribution in [0.2, 0.25) is 0 Å². The summed E-state index contributed by atoms with van der Waals surface area (Å²) in [5.74, 6) is 1.97. The molecule has 5 heteroatoms. The molecule has 0 radical (unpaired) electrons. The number of alkyl halides is 1. The summed E-state index contributed by atoms with van der Waals surface area (Å²) in [7, 11) is 1.63. The lowest BCUT2D eigenvalue weighted by Crippen LogP contribution is -2.11. The summed E-state index contributed by atoms with van der Waals surface area (Å²) < 4.78 is 12.9. The van der Waals surface area contributed by atoms with Gasteiger partial charge in [-0.1, -0.05) is 12.1 Å². The van der Waals surface area contributed by atoms with Gasteiger partial charge in [0.2, 0.25) is 0 Å². The summed E-state index contributed by atoms with van der Waals surface area (Å²) in [6.45, 7) is 5.22. The van der Waals surface area contributed by atoms with Crippen LogP contribution in [-0.2, 0) is 12.4 Å². The Labute approximate surface area is 124 Å². The number of rotatable bonds is 6. The van der Waals surface area contributed by atoms with Crippen molar-refractivity contribution in [3.05, 3.63) is 41.2 Å². The fourth-order valence-electron chi connectivity index (χ4n) is 2.13. The van der Waals surface area contributed by atoms with E-state index in [9.17, 15) is 0 Å². The van der Waals surface area contributed by atoms with Gasteiger partial charge >= 0.3 is 0 Å². The molecule has 0 bridgehead atoms. The monoisotopic (exact) mass is 294 g/mol. The Hall–Kier alpha value is -1.68. The number of methoxy groups -OCH3 is 1. The van der Waals surface area contributed by atoms with Gasteiger partial charge < -0.3 is 9.47 Å². The first-order valence-electron chi connectivity index (χ1n) is 6.52. The molecule has 0 fully saturated rings. The lowest BCUT2D eigenvalue weighted by molar-refractivity contribution is 0.273. The zero-order chi connectivity index (χ0) is 14.5. The van der Waals surface area contributed by atoms with E-state index in [1.807, 2.05) is 42.8 Å². The van der Waals surface area contributed by atoms with Gasteiger partial charge in [0.25, 0.3) is 0 Å². The number of aromatic nitrogens is 2. The van der Waals surface area contributed by atoms with Gasteiger partial charge in [-0.15, -0.1) is 11.6 Å². The predicted octanol–water partition coefficient (Wildman–Crippen LogP) is 3.33. The standard InChI is InChI=1S/C15H19ClN2O2/c1-11-13(10-16)12(2)18(17-11)8-9-20-15-7-5-4-6-14(15)19-3/h4-7H,8-10H2,1-3H3. The average Bonchev–Trinajstić information content (AvgIpc) is 2.73. The number of nitrogens with zero attached hydrogens (tertiary/aromatic N) is 2. The maximum Gasteiger partial charge on any atom is 0.161 e. The molecule has 1 aromatic heterocycles. The molecule has 0 aliphatic rings. The molecule has 0 saturated carbocycles. The van der Waals surface area contributed by atoms with E-state index in [1.165, 1.54) is 0 Å². The van der Waals surface area contributed by atoms with Gasteiger partial charge in [-0.2, -0.15) is 5.10 Å². The fourth-order valence-corrected chi connectivity index (χ4v) is 2.51. The van der Waals surface area contributed by atoms with Crippen molar-refractivity contribution in [1.82, 2.24) is 9.78 Å². The first kappa shape index (κ1) is 14.7. The summed E-state index contributed by atoms with van der Waals surface area (Å²) in [4.78, 5) is 0. The highest BCUT2D eigenvalue weighted by Crippen LogP contribution is 2.25. The van der Waals surface area contributed by atoms with Crippen LogP contribution in [0.1, 0.15) is 17.0 Å². The highest BCUT2D eigenvalue weighted by molar-refractivity contribution is 6.17. The molecular formula is C15H19ClN2O2. The Bertz CT molecular complexity index is 581. The van der Waals surface area contributed by atoms with Crippen molar-refractivity contribution in [1.29, 1.82) is 0 Å². The second kappa shape index (κ2) is 6.66. The number of halogens is 1. The van der Waals surface area contributed by atoms with E-state index in [2.05, 4.69) is 5.10 Å². The summed E-state index contributed by atoms with van der Waals surface area (Å²) in [6.07, 6.45) is 0. The van der Waals surface area contributed by atoms with Crippen molar-refractivity contribution in [3.8, 4) is 11.5 Å². The summed E-state index contributed by atoms with van der Waals surface area (Å²) in [5, 5.41) is 4.48. The molecule has 20 heavy (non-hydrogen) atoms. The molecule has 0 saturated heterocycles. The Morgan fingerprint density at radius 2 is 1.90 bits per heavy atom. The maximum atomic E-state index is 5.92. The van der Waals surface area contributed by atoms with Gasteiger partial charge in [0.1, 0.15) is 6.61 Å². The molecule has 0 spiro atoms. The molecule has 1 heterocycles. The number of benzene rings is 1. The second-order valence-corrected chi connectivity index (χ2v) is 4.77. The van der Waals surface area contributed by atoms with Crippen LogP contribution in [0.25, 0.3) is 0 Å². The first-order chi connectivity index (χ1) is 9.67. The van der Waals surface area contributed by atoms with Crippen molar-refractivity contribution in [2.75, 3.05) is 13.7 Å². The van der Waals surface area contributed by atoms with Crippen LogP contribution in [0.15, 0.2) is 24.3 Å². The number of para-hydroxylation sites is 2. The van der Waals surface area contributed by atoms with Crippen LogP contribution < -0.4 is 9.47 Å². The highest BCUT2D eigenvalue weighted by Gasteiger charge is 2.10. The van der Waals surface area contributed by atoms with Gasteiger partial charge in [0, 0.05) is 11.3 Å². The van der Waals surface area contributed by atoms with Gasteiger partial charge in [-0.3, -0.25) is 4.68 Å². The number of ether oxygens (including phenoxy) is 2. The zero-order valence-electron chi connectivity index (χ0n) is 12.0. The highest BCUT2D eigenvalue weighted by atomic mass is 35.5. The second-order valence-electron chi connectivity index (χ2n) is 4.51. The molecule has 2 aromatic rings. The van der Waals surface area contributed by atoms with Crippen molar-refractivity contribution < 1.29 is 9.47 Å². The van der Waals surface area contributed by atoms with E-state index in [0.717, 1.165) is 28.5 Å². The van der Waals surface area contributed by atoms with Gasteiger partial charge in [0.15, 0.2) is 11.5 Å². The maximum absolute atomic E-state index is 5.92. The van der Waals surface area contributed by atoms with E-state index in [-0.39, 0.29) is 0 Å². The molecule has 0 unspecified atom stereocenters.